The lowest BCUT2D eigenvalue weighted by atomic mass is 10.1. The predicted octanol–water partition coefficient (Wildman–Crippen LogP) is 1.54. The lowest BCUT2D eigenvalue weighted by Crippen LogP contribution is -2.21. The van der Waals surface area contributed by atoms with Crippen LogP contribution < -0.4 is 16.2 Å². The fraction of sp³-hybridized carbons (Fsp3) is 0.333. The Morgan fingerprint density at radius 2 is 1.73 bits per heavy atom. The van der Waals surface area contributed by atoms with Crippen molar-refractivity contribution in [3.05, 3.63) is 29.8 Å². The molecule has 1 atom stereocenters. The number of nitrogens with two attached hydrogens (primary N) is 2. The van der Waals surface area contributed by atoms with Crippen molar-refractivity contribution in [2.75, 3.05) is 6.54 Å². The molecule has 0 saturated heterocycles. The second-order valence-corrected chi connectivity index (χ2v) is 2.96. The average molecular weight is 220 g/mol. The molecule has 6 heteroatoms. The Hall–Kier alpha value is -1.27. The zero-order valence-corrected chi connectivity index (χ0v) is 7.79. The van der Waals surface area contributed by atoms with Crippen LogP contribution in [0.5, 0.6) is 5.75 Å². The summed E-state index contributed by atoms with van der Waals surface area (Å²) in [7, 11) is 0. The van der Waals surface area contributed by atoms with Crippen LogP contribution in [0.4, 0.5) is 13.2 Å². The van der Waals surface area contributed by atoms with Crippen molar-refractivity contribution in [3.8, 4) is 5.75 Å². The topological polar surface area (TPSA) is 61.3 Å². The van der Waals surface area contributed by atoms with E-state index in [0.717, 1.165) is 0 Å². The highest BCUT2D eigenvalue weighted by molar-refractivity contribution is 5.29. The third-order valence-electron chi connectivity index (χ3n) is 1.80. The lowest BCUT2D eigenvalue weighted by Gasteiger charge is -2.11. The summed E-state index contributed by atoms with van der Waals surface area (Å²) < 4.78 is 39.1. The smallest absolute Gasteiger partial charge is 0.406 e. The minimum absolute atomic E-state index is 0.236. The van der Waals surface area contributed by atoms with Gasteiger partial charge in [0.05, 0.1) is 0 Å². The summed E-state index contributed by atoms with van der Waals surface area (Å²) in [5.41, 5.74) is 11.6. The van der Waals surface area contributed by atoms with Crippen LogP contribution in [0.25, 0.3) is 0 Å². The summed E-state index contributed by atoms with van der Waals surface area (Å²) in [6.07, 6.45) is -4.67. The van der Waals surface area contributed by atoms with E-state index in [9.17, 15) is 13.2 Å². The third-order valence-corrected chi connectivity index (χ3v) is 1.80. The van der Waals surface area contributed by atoms with Gasteiger partial charge >= 0.3 is 6.36 Å². The molecule has 15 heavy (non-hydrogen) atoms. The molecule has 0 aromatic heterocycles. The van der Waals surface area contributed by atoms with Crippen LogP contribution in [-0.4, -0.2) is 12.9 Å². The van der Waals surface area contributed by atoms with Crippen molar-refractivity contribution in [1.82, 2.24) is 0 Å². The van der Waals surface area contributed by atoms with E-state index in [4.69, 9.17) is 11.5 Å². The van der Waals surface area contributed by atoms with Gasteiger partial charge in [-0.05, 0) is 17.7 Å². The Morgan fingerprint density at radius 1 is 1.20 bits per heavy atom. The molecule has 1 aromatic carbocycles. The molecule has 0 radical (unpaired) electrons. The molecule has 3 nitrogen and oxygen atoms in total. The largest absolute Gasteiger partial charge is 0.573 e. The van der Waals surface area contributed by atoms with Crippen LogP contribution in [0.1, 0.15) is 11.6 Å². The number of alkyl halides is 3. The maximum atomic E-state index is 11.8. The molecule has 1 unspecified atom stereocenters. The molecule has 0 aliphatic carbocycles. The Kier molecular flexibility index (Phi) is 3.54. The molecule has 0 spiro atoms. The van der Waals surface area contributed by atoms with Crippen molar-refractivity contribution in [2.24, 2.45) is 11.5 Å². The fourth-order valence-electron chi connectivity index (χ4n) is 1.05. The lowest BCUT2D eigenvalue weighted by molar-refractivity contribution is -0.274. The molecule has 0 aliphatic rings. The fourth-order valence-corrected chi connectivity index (χ4v) is 1.05. The van der Waals surface area contributed by atoms with Crippen LogP contribution in [-0.2, 0) is 0 Å². The predicted molar refractivity (Wildman–Crippen MR) is 49.1 cm³/mol. The quantitative estimate of drug-likeness (QED) is 0.812. The maximum Gasteiger partial charge on any atom is 0.573 e. The van der Waals surface area contributed by atoms with Crippen molar-refractivity contribution in [1.29, 1.82) is 0 Å². The number of halogens is 3. The average Bonchev–Trinajstić information content (AvgIpc) is 2.15. The van der Waals surface area contributed by atoms with E-state index in [0.29, 0.717) is 5.56 Å². The van der Waals surface area contributed by atoms with Crippen molar-refractivity contribution in [3.63, 3.8) is 0 Å². The minimum Gasteiger partial charge on any atom is -0.406 e. The number of hydrogen-bond donors (Lipinski definition) is 2. The Bertz CT molecular complexity index is 310. The molecule has 1 rings (SSSR count). The van der Waals surface area contributed by atoms with Gasteiger partial charge in [0, 0.05) is 12.6 Å². The summed E-state index contributed by atoms with van der Waals surface area (Å²) in [6, 6.07) is 4.96. The number of rotatable bonds is 3. The number of benzene rings is 1. The first-order valence-corrected chi connectivity index (χ1v) is 4.24. The van der Waals surface area contributed by atoms with Crippen molar-refractivity contribution >= 4 is 0 Å². The molecule has 0 fully saturated rings. The molecule has 0 saturated carbocycles. The summed E-state index contributed by atoms with van der Waals surface area (Å²) in [5.74, 6) is -0.268. The monoisotopic (exact) mass is 220 g/mol. The van der Waals surface area contributed by atoms with Gasteiger partial charge in [0.1, 0.15) is 5.75 Å². The normalized spacial score (nSPS) is 13.7. The summed E-state index contributed by atoms with van der Waals surface area (Å²) in [4.78, 5) is 0. The Labute approximate surface area is 84.8 Å². The van der Waals surface area contributed by atoms with E-state index in [1.807, 2.05) is 0 Å². The highest BCUT2D eigenvalue weighted by Crippen LogP contribution is 2.23. The van der Waals surface area contributed by atoms with Crippen LogP contribution in [0, 0.1) is 0 Å². The van der Waals surface area contributed by atoms with Gasteiger partial charge in [-0.1, -0.05) is 12.1 Å². The highest BCUT2D eigenvalue weighted by Gasteiger charge is 2.30. The van der Waals surface area contributed by atoms with Crippen LogP contribution in [0.2, 0.25) is 0 Å². The first-order chi connectivity index (χ1) is 6.92. The van der Waals surface area contributed by atoms with Gasteiger partial charge in [0.25, 0.3) is 0 Å². The van der Waals surface area contributed by atoms with Crippen LogP contribution in [0.15, 0.2) is 24.3 Å². The zero-order valence-electron chi connectivity index (χ0n) is 7.79. The highest BCUT2D eigenvalue weighted by atomic mass is 19.4. The molecular formula is C9H11F3N2O. The first-order valence-electron chi connectivity index (χ1n) is 4.24. The van der Waals surface area contributed by atoms with Gasteiger partial charge in [-0.25, -0.2) is 0 Å². The SMILES string of the molecule is NCC(N)c1ccc(OC(F)(F)F)cc1. The van der Waals surface area contributed by atoms with E-state index in [1.165, 1.54) is 24.3 Å². The first kappa shape index (κ1) is 11.8. The molecule has 1 aromatic rings. The van der Waals surface area contributed by atoms with Gasteiger partial charge in [-0.2, -0.15) is 0 Å². The molecule has 0 bridgehead atoms. The van der Waals surface area contributed by atoms with Crippen molar-refractivity contribution in [2.45, 2.75) is 12.4 Å². The van der Waals surface area contributed by atoms with Gasteiger partial charge in [-0.3, -0.25) is 0 Å². The van der Waals surface area contributed by atoms with E-state index in [2.05, 4.69) is 4.74 Å². The molecule has 84 valence electrons. The van der Waals surface area contributed by atoms with Gasteiger partial charge < -0.3 is 16.2 Å². The molecule has 0 amide bonds. The maximum absolute atomic E-state index is 11.8. The Balaban J connectivity index is 2.72. The van der Waals surface area contributed by atoms with Gasteiger partial charge in [-0.15, -0.1) is 13.2 Å². The summed E-state index contributed by atoms with van der Waals surface area (Å²) >= 11 is 0. The molecule has 0 aliphatic heterocycles. The van der Waals surface area contributed by atoms with E-state index >= 15 is 0 Å². The number of ether oxygens (including phenoxy) is 1. The van der Waals surface area contributed by atoms with E-state index < -0.39 is 6.36 Å². The standard InChI is InChI=1S/C9H11F3N2O/c10-9(11,12)15-7-3-1-6(2-4-7)8(14)5-13/h1-4,8H,5,13-14H2. The minimum atomic E-state index is -4.67. The third kappa shape index (κ3) is 3.77. The summed E-state index contributed by atoms with van der Waals surface area (Å²) in [5, 5.41) is 0. The molecule has 0 heterocycles. The second kappa shape index (κ2) is 4.50. The zero-order chi connectivity index (χ0) is 11.5. The van der Waals surface area contributed by atoms with Gasteiger partial charge in [0.15, 0.2) is 0 Å². The van der Waals surface area contributed by atoms with E-state index in [1.54, 1.807) is 0 Å². The second-order valence-electron chi connectivity index (χ2n) is 2.96. The Morgan fingerprint density at radius 3 is 2.13 bits per heavy atom. The van der Waals surface area contributed by atoms with Crippen LogP contribution in [0.3, 0.4) is 0 Å². The number of hydrogen-bond acceptors (Lipinski definition) is 3. The molecular weight excluding hydrogens is 209 g/mol. The van der Waals surface area contributed by atoms with E-state index in [-0.39, 0.29) is 18.3 Å². The van der Waals surface area contributed by atoms with Crippen molar-refractivity contribution < 1.29 is 17.9 Å². The molecule has 4 N–H and O–H groups in total. The van der Waals surface area contributed by atoms with Crippen LogP contribution >= 0.6 is 0 Å². The van der Waals surface area contributed by atoms with Gasteiger partial charge in [0.2, 0.25) is 0 Å². The summed E-state index contributed by atoms with van der Waals surface area (Å²) in [6.45, 7) is 0.236.